The number of benzene rings is 1. The van der Waals surface area contributed by atoms with Crippen LogP contribution in [0.1, 0.15) is 32.0 Å². The molecule has 0 unspecified atom stereocenters. The van der Waals surface area contributed by atoms with E-state index in [1.54, 1.807) is 6.07 Å². The Kier molecular flexibility index (Phi) is 4.99. The zero-order valence-corrected chi connectivity index (χ0v) is 15.9. The maximum absolute atomic E-state index is 13.4. The topological polar surface area (TPSA) is 72.1 Å². The van der Waals surface area contributed by atoms with Crippen LogP contribution in [0.4, 0.5) is 11.5 Å². The number of anilines is 2. The van der Waals surface area contributed by atoms with Crippen molar-refractivity contribution in [2.45, 2.75) is 50.6 Å². The number of carbonyl (C=O) groups is 1. The van der Waals surface area contributed by atoms with Gasteiger partial charge in [-0.2, -0.15) is 0 Å². The first-order valence-electron chi connectivity index (χ1n) is 8.55. The minimum absolute atomic E-state index is 0.112. The van der Waals surface area contributed by atoms with Gasteiger partial charge in [0.25, 0.3) is 0 Å². The van der Waals surface area contributed by atoms with Crippen molar-refractivity contribution in [2.24, 2.45) is 5.92 Å². The Morgan fingerprint density at radius 1 is 1.32 bits per heavy atom. The summed E-state index contributed by atoms with van der Waals surface area (Å²) in [6.07, 6.45) is 0.894. The van der Waals surface area contributed by atoms with Gasteiger partial charge in [-0.25, -0.2) is 9.97 Å². The molecule has 1 aliphatic rings. The molecule has 0 radical (unpaired) electrons. The maximum atomic E-state index is 13.4. The van der Waals surface area contributed by atoms with Gasteiger partial charge >= 0.3 is 0 Å². The van der Waals surface area contributed by atoms with Gasteiger partial charge in [0.05, 0.1) is 5.25 Å². The van der Waals surface area contributed by atoms with Crippen LogP contribution >= 0.6 is 11.8 Å². The molecule has 1 amide bonds. The number of fused-ring (bicyclic) bond motifs is 1. The van der Waals surface area contributed by atoms with E-state index < -0.39 is 0 Å². The van der Waals surface area contributed by atoms with Gasteiger partial charge in [0, 0.05) is 23.5 Å². The number of nitrogens with zero attached hydrogens (tertiary/aromatic N) is 3. The SMILES string of the molecule is Cc1cc(N)nc(S[C@@H](C(=O)N2c3ccccc3C[C@H]2C)C(C)C)n1. The maximum Gasteiger partial charge on any atom is 0.241 e. The first-order valence-corrected chi connectivity index (χ1v) is 9.43. The molecule has 1 aromatic carbocycles. The third-order valence-electron chi connectivity index (χ3n) is 4.38. The van der Waals surface area contributed by atoms with E-state index >= 15 is 0 Å². The van der Waals surface area contributed by atoms with Gasteiger partial charge < -0.3 is 10.6 Å². The predicted octanol–water partition coefficient (Wildman–Crippen LogP) is 3.46. The number of aromatic nitrogens is 2. The smallest absolute Gasteiger partial charge is 0.241 e. The third kappa shape index (κ3) is 3.63. The fourth-order valence-corrected chi connectivity index (χ4v) is 4.31. The van der Waals surface area contributed by atoms with Gasteiger partial charge in [-0.15, -0.1) is 0 Å². The van der Waals surface area contributed by atoms with Crippen LogP contribution in [-0.2, 0) is 11.2 Å². The molecule has 0 bridgehead atoms. The first kappa shape index (κ1) is 17.7. The van der Waals surface area contributed by atoms with Crippen LogP contribution in [0.15, 0.2) is 35.5 Å². The summed E-state index contributed by atoms with van der Waals surface area (Å²) in [5.41, 5.74) is 8.90. The van der Waals surface area contributed by atoms with E-state index in [0.717, 1.165) is 17.8 Å². The summed E-state index contributed by atoms with van der Waals surface area (Å²) in [4.78, 5) is 24.0. The number of thioether (sulfide) groups is 1. The molecule has 2 atom stereocenters. The van der Waals surface area contributed by atoms with E-state index in [4.69, 9.17) is 5.73 Å². The molecule has 1 aliphatic heterocycles. The van der Waals surface area contributed by atoms with Crippen LogP contribution in [0, 0.1) is 12.8 Å². The molecule has 2 heterocycles. The molecule has 2 N–H and O–H groups in total. The van der Waals surface area contributed by atoms with Crippen molar-refractivity contribution < 1.29 is 4.79 Å². The molecule has 132 valence electrons. The largest absolute Gasteiger partial charge is 0.384 e. The van der Waals surface area contributed by atoms with E-state index in [1.165, 1.54) is 17.3 Å². The summed E-state index contributed by atoms with van der Waals surface area (Å²) >= 11 is 1.40. The summed E-state index contributed by atoms with van der Waals surface area (Å²) in [6, 6.07) is 10.0. The molecular formula is C19H24N4OS. The van der Waals surface area contributed by atoms with E-state index in [-0.39, 0.29) is 23.1 Å². The zero-order chi connectivity index (χ0) is 18.1. The highest BCUT2D eigenvalue weighted by Gasteiger charge is 2.36. The monoisotopic (exact) mass is 356 g/mol. The van der Waals surface area contributed by atoms with E-state index in [2.05, 4.69) is 36.8 Å². The van der Waals surface area contributed by atoms with Crippen LogP contribution in [-0.4, -0.2) is 27.2 Å². The van der Waals surface area contributed by atoms with Crippen molar-refractivity contribution in [2.75, 3.05) is 10.6 Å². The number of hydrogen-bond donors (Lipinski definition) is 1. The van der Waals surface area contributed by atoms with Crippen molar-refractivity contribution in [1.29, 1.82) is 0 Å². The Morgan fingerprint density at radius 2 is 2.04 bits per heavy atom. The van der Waals surface area contributed by atoms with E-state index in [1.807, 2.05) is 30.0 Å². The molecule has 2 aromatic rings. The number of carbonyl (C=O) groups excluding carboxylic acids is 1. The lowest BCUT2D eigenvalue weighted by molar-refractivity contribution is -0.119. The number of nitrogen functional groups attached to an aromatic ring is 1. The van der Waals surface area contributed by atoms with Gasteiger partial charge in [0.1, 0.15) is 5.82 Å². The van der Waals surface area contributed by atoms with Gasteiger partial charge in [-0.3, -0.25) is 4.79 Å². The van der Waals surface area contributed by atoms with Crippen LogP contribution in [0.5, 0.6) is 0 Å². The Labute approximate surface area is 153 Å². The third-order valence-corrected chi connectivity index (χ3v) is 5.77. The Balaban J connectivity index is 1.89. The quantitative estimate of drug-likeness (QED) is 0.671. The summed E-state index contributed by atoms with van der Waals surface area (Å²) in [5, 5.41) is 0.305. The van der Waals surface area contributed by atoms with Crippen molar-refractivity contribution in [3.05, 3.63) is 41.6 Å². The fourth-order valence-electron chi connectivity index (χ4n) is 3.24. The van der Waals surface area contributed by atoms with Crippen molar-refractivity contribution in [1.82, 2.24) is 9.97 Å². The average Bonchev–Trinajstić information content (AvgIpc) is 2.86. The summed E-state index contributed by atoms with van der Waals surface area (Å²) in [7, 11) is 0. The van der Waals surface area contributed by atoms with Gasteiger partial charge in [0.2, 0.25) is 5.91 Å². The number of aryl methyl sites for hydroxylation is 1. The highest BCUT2D eigenvalue weighted by molar-refractivity contribution is 8.00. The number of para-hydroxylation sites is 1. The number of rotatable bonds is 4. The summed E-state index contributed by atoms with van der Waals surface area (Å²) in [5.74, 6) is 0.703. The molecule has 0 aliphatic carbocycles. The highest BCUT2D eigenvalue weighted by atomic mass is 32.2. The predicted molar refractivity (Wildman–Crippen MR) is 103 cm³/mol. The Morgan fingerprint density at radius 3 is 2.72 bits per heavy atom. The second-order valence-corrected chi connectivity index (χ2v) is 8.00. The Bertz CT molecular complexity index is 772. The van der Waals surface area contributed by atoms with Gasteiger partial charge in [-0.1, -0.05) is 43.8 Å². The lowest BCUT2D eigenvalue weighted by Crippen LogP contribution is -2.43. The zero-order valence-electron chi connectivity index (χ0n) is 15.1. The molecule has 0 fully saturated rings. The molecule has 3 rings (SSSR count). The lowest BCUT2D eigenvalue weighted by Gasteiger charge is -2.29. The van der Waals surface area contributed by atoms with Crippen LogP contribution in [0.25, 0.3) is 0 Å². The standard InChI is InChI=1S/C19H24N4OS/c1-11(2)17(25-19-21-12(3)9-16(20)22-19)18(24)23-13(4)10-14-7-5-6-8-15(14)23/h5-9,11,13,17H,10H2,1-4H3,(H2,20,21,22)/t13-,17-/m1/s1. The normalized spacial score (nSPS) is 17.6. The van der Waals surface area contributed by atoms with Gasteiger partial charge in [-0.05, 0) is 37.8 Å². The van der Waals surface area contributed by atoms with E-state index in [9.17, 15) is 4.79 Å². The van der Waals surface area contributed by atoms with Crippen LogP contribution < -0.4 is 10.6 Å². The molecule has 0 spiro atoms. The van der Waals surface area contributed by atoms with Crippen molar-refractivity contribution >= 4 is 29.2 Å². The molecule has 0 saturated carbocycles. The first-order chi connectivity index (χ1) is 11.9. The number of hydrogen-bond acceptors (Lipinski definition) is 5. The number of amides is 1. The minimum atomic E-state index is -0.255. The average molecular weight is 356 g/mol. The second-order valence-electron chi connectivity index (χ2n) is 6.89. The fraction of sp³-hybridized carbons (Fsp3) is 0.421. The molecule has 25 heavy (non-hydrogen) atoms. The molecule has 5 nitrogen and oxygen atoms in total. The molecule has 1 aromatic heterocycles. The summed E-state index contributed by atoms with van der Waals surface area (Å²) in [6.45, 7) is 8.09. The van der Waals surface area contributed by atoms with Gasteiger partial charge in [0.15, 0.2) is 5.16 Å². The summed E-state index contributed by atoms with van der Waals surface area (Å²) < 4.78 is 0. The van der Waals surface area contributed by atoms with Crippen LogP contribution in [0.3, 0.4) is 0 Å². The Hall–Kier alpha value is -2.08. The molecular weight excluding hydrogens is 332 g/mol. The highest BCUT2D eigenvalue weighted by Crippen LogP contribution is 2.36. The molecule has 6 heteroatoms. The minimum Gasteiger partial charge on any atom is -0.384 e. The molecule has 0 saturated heterocycles. The second kappa shape index (κ2) is 7.04. The van der Waals surface area contributed by atoms with Crippen molar-refractivity contribution in [3.8, 4) is 0 Å². The number of nitrogens with two attached hydrogens (primary N) is 1. The van der Waals surface area contributed by atoms with E-state index in [0.29, 0.717) is 11.0 Å². The lowest BCUT2D eigenvalue weighted by atomic mass is 10.1. The van der Waals surface area contributed by atoms with Crippen LogP contribution in [0.2, 0.25) is 0 Å². The van der Waals surface area contributed by atoms with Crippen molar-refractivity contribution in [3.63, 3.8) is 0 Å².